The average Bonchev–Trinajstić information content (AvgIpc) is 3.11. The maximum atomic E-state index is 12.4. The number of rotatable bonds is 7. The predicted octanol–water partition coefficient (Wildman–Crippen LogP) is 3.51. The van der Waals surface area contributed by atoms with E-state index in [1.807, 2.05) is 54.6 Å². The molecule has 0 aliphatic carbocycles. The largest absolute Gasteiger partial charge is 0.390 e. The molecule has 0 saturated carbocycles. The number of ether oxygens (including phenoxy) is 1. The average molecular weight is 373 g/mol. The third-order valence-corrected chi connectivity index (χ3v) is 4.51. The Kier molecular flexibility index (Phi) is 6.26. The highest BCUT2D eigenvalue weighted by Crippen LogP contribution is 2.23. The van der Waals surface area contributed by atoms with Crippen LogP contribution in [0.4, 0.5) is 0 Å². The maximum absolute atomic E-state index is 12.4. The lowest BCUT2D eigenvalue weighted by atomic mass is 10.0. The number of benzene rings is 2. The Hall–Kier alpha value is -2.37. The van der Waals surface area contributed by atoms with Crippen LogP contribution in [0.3, 0.4) is 0 Å². The Labute approximate surface area is 158 Å². The molecule has 0 radical (unpaired) electrons. The van der Waals surface area contributed by atoms with Gasteiger partial charge in [-0.3, -0.25) is 4.79 Å². The molecule has 0 fully saturated rings. The smallest absolute Gasteiger partial charge is 0.248 e. The second-order valence-corrected chi connectivity index (χ2v) is 6.55. The number of amides is 1. The predicted molar refractivity (Wildman–Crippen MR) is 101 cm³/mol. The van der Waals surface area contributed by atoms with E-state index in [1.54, 1.807) is 4.90 Å². The van der Waals surface area contributed by atoms with Gasteiger partial charge in [0.1, 0.15) is 6.61 Å². The number of hydrogen-bond acceptors (Lipinski definition) is 4. The normalized spacial score (nSPS) is 16.1. The van der Waals surface area contributed by atoms with E-state index in [9.17, 15) is 4.79 Å². The van der Waals surface area contributed by atoms with Gasteiger partial charge in [-0.05, 0) is 11.6 Å². The van der Waals surface area contributed by atoms with Crippen molar-refractivity contribution in [3.63, 3.8) is 0 Å². The van der Waals surface area contributed by atoms with Crippen LogP contribution in [0.15, 0.2) is 59.8 Å². The topological polar surface area (TPSA) is 51.1 Å². The summed E-state index contributed by atoms with van der Waals surface area (Å²) in [5, 5.41) is 4.82. The molecule has 1 aliphatic heterocycles. The summed E-state index contributed by atoms with van der Waals surface area (Å²) in [6.07, 6.45) is 0.403. The fraction of sp³-hybridized carbons (Fsp3) is 0.300. The summed E-state index contributed by atoms with van der Waals surface area (Å²) in [6.45, 7) is 0.983. The van der Waals surface area contributed by atoms with Gasteiger partial charge in [-0.15, -0.1) is 0 Å². The number of carbonyl (C=O) groups is 1. The Balaban J connectivity index is 1.66. The highest BCUT2D eigenvalue weighted by atomic mass is 35.5. The molecule has 6 heteroatoms. The maximum Gasteiger partial charge on any atom is 0.248 e. The standard InChI is InChI=1S/C20H21ClN2O3/c1-25-14-20(24)23(12-15-7-3-2-4-8-15)13-16-11-19(22-26-16)17-9-5-6-10-18(17)21/h2-10,16H,11-14H2,1H3/t16-/m1/s1. The van der Waals surface area contributed by atoms with Crippen LogP contribution >= 0.6 is 11.6 Å². The van der Waals surface area contributed by atoms with Crippen molar-refractivity contribution < 1.29 is 14.4 Å². The Bertz CT molecular complexity index is 780. The van der Waals surface area contributed by atoms with Crippen molar-refractivity contribution >= 4 is 23.2 Å². The molecule has 1 aliphatic rings. The lowest BCUT2D eigenvalue weighted by molar-refractivity contribution is -0.137. The van der Waals surface area contributed by atoms with Gasteiger partial charge in [0, 0.05) is 30.7 Å². The van der Waals surface area contributed by atoms with Gasteiger partial charge in [0.15, 0.2) is 6.10 Å². The summed E-state index contributed by atoms with van der Waals surface area (Å²) < 4.78 is 5.01. The van der Waals surface area contributed by atoms with E-state index in [4.69, 9.17) is 21.2 Å². The molecule has 3 rings (SSSR count). The summed E-state index contributed by atoms with van der Waals surface area (Å²) in [6, 6.07) is 17.4. The molecule has 0 aromatic heterocycles. The fourth-order valence-electron chi connectivity index (χ4n) is 2.90. The zero-order chi connectivity index (χ0) is 18.4. The zero-order valence-corrected chi connectivity index (χ0v) is 15.4. The van der Waals surface area contributed by atoms with Gasteiger partial charge in [0.05, 0.1) is 12.3 Å². The Morgan fingerprint density at radius 1 is 1.23 bits per heavy atom. The molecule has 1 atom stereocenters. The Morgan fingerprint density at radius 2 is 1.96 bits per heavy atom. The first-order chi connectivity index (χ1) is 12.7. The van der Waals surface area contributed by atoms with E-state index in [2.05, 4.69) is 5.16 Å². The minimum Gasteiger partial charge on any atom is -0.390 e. The quantitative estimate of drug-likeness (QED) is 0.747. The molecule has 0 N–H and O–H groups in total. The molecule has 1 heterocycles. The van der Waals surface area contributed by atoms with Crippen LogP contribution in [0.5, 0.6) is 0 Å². The van der Waals surface area contributed by atoms with Crippen LogP contribution in [0.25, 0.3) is 0 Å². The van der Waals surface area contributed by atoms with Crippen molar-refractivity contribution in [3.05, 3.63) is 70.7 Å². The molecular weight excluding hydrogens is 352 g/mol. The van der Waals surface area contributed by atoms with Crippen molar-refractivity contribution in [1.82, 2.24) is 4.90 Å². The number of methoxy groups -OCH3 is 1. The second kappa shape index (κ2) is 8.83. The number of oxime groups is 1. The van der Waals surface area contributed by atoms with E-state index in [1.165, 1.54) is 7.11 Å². The summed E-state index contributed by atoms with van der Waals surface area (Å²) in [7, 11) is 1.52. The van der Waals surface area contributed by atoms with Gasteiger partial charge in [0.25, 0.3) is 0 Å². The SMILES string of the molecule is COCC(=O)N(Cc1ccccc1)C[C@H]1CC(c2ccccc2Cl)=NO1. The summed E-state index contributed by atoms with van der Waals surface area (Å²) in [5.41, 5.74) is 2.73. The number of carbonyl (C=O) groups excluding carboxylic acids is 1. The van der Waals surface area contributed by atoms with Crippen molar-refractivity contribution in [2.75, 3.05) is 20.3 Å². The van der Waals surface area contributed by atoms with Crippen LogP contribution in [0.1, 0.15) is 17.5 Å². The zero-order valence-electron chi connectivity index (χ0n) is 14.6. The molecule has 2 aromatic carbocycles. The van der Waals surface area contributed by atoms with E-state index in [0.29, 0.717) is 24.5 Å². The lowest BCUT2D eigenvalue weighted by Gasteiger charge is -2.24. The summed E-state index contributed by atoms with van der Waals surface area (Å²) >= 11 is 6.24. The third kappa shape index (κ3) is 4.62. The first kappa shape index (κ1) is 18.4. The first-order valence-corrected chi connectivity index (χ1v) is 8.83. The van der Waals surface area contributed by atoms with Gasteiger partial charge < -0.3 is 14.5 Å². The van der Waals surface area contributed by atoms with E-state index >= 15 is 0 Å². The minimum atomic E-state index is -0.203. The Morgan fingerprint density at radius 3 is 2.69 bits per heavy atom. The van der Waals surface area contributed by atoms with Crippen molar-refractivity contribution in [1.29, 1.82) is 0 Å². The minimum absolute atomic E-state index is 0.0395. The van der Waals surface area contributed by atoms with Crippen molar-refractivity contribution in [2.45, 2.75) is 19.1 Å². The molecule has 5 nitrogen and oxygen atoms in total. The molecular formula is C20H21ClN2O3. The monoisotopic (exact) mass is 372 g/mol. The van der Waals surface area contributed by atoms with E-state index in [-0.39, 0.29) is 18.6 Å². The van der Waals surface area contributed by atoms with Crippen molar-refractivity contribution in [2.24, 2.45) is 5.16 Å². The molecule has 2 aromatic rings. The van der Waals surface area contributed by atoms with Crippen molar-refractivity contribution in [3.8, 4) is 0 Å². The van der Waals surface area contributed by atoms with Gasteiger partial charge in [-0.2, -0.15) is 0 Å². The van der Waals surface area contributed by atoms with E-state index < -0.39 is 0 Å². The van der Waals surface area contributed by atoms with Crippen LogP contribution in [-0.4, -0.2) is 42.9 Å². The van der Waals surface area contributed by atoms with Crippen LogP contribution in [0, 0.1) is 0 Å². The summed E-state index contributed by atoms with van der Waals surface area (Å²) in [4.78, 5) is 19.7. The van der Waals surface area contributed by atoms with Crippen LogP contribution in [0.2, 0.25) is 5.02 Å². The van der Waals surface area contributed by atoms with Crippen LogP contribution in [-0.2, 0) is 20.9 Å². The molecule has 136 valence electrons. The fourth-order valence-corrected chi connectivity index (χ4v) is 3.14. The molecule has 0 unspecified atom stereocenters. The van der Waals surface area contributed by atoms with Crippen LogP contribution < -0.4 is 0 Å². The van der Waals surface area contributed by atoms with Gasteiger partial charge in [-0.25, -0.2) is 0 Å². The highest BCUT2D eigenvalue weighted by molar-refractivity contribution is 6.34. The second-order valence-electron chi connectivity index (χ2n) is 6.14. The molecule has 0 saturated heterocycles. The van der Waals surface area contributed by atoms with Gasteiger partial charge in [-0.1, -0.05) is 65.3 Å². The first-order valence-electron chi connectivity index (χ1n) is 8.45. The molecule has 1 amide bonds. The molecule has 0 bridgehead atoms. The number of hydrogen-bond donors (Lipinski definition) is 0. The third-order valence-electron chi connectivity index (χ3n) is 4.18. The molecule has 26 heavy (non-hydrogen) atoms. The number of nitrogens with zero attached hydrogens (tertiary/aromatic N) is 2. The molecule has 0 spiro atoms. The van der Waals surface area contributed by atoms with E-state index in [0.717, 1.165) is 16.8 Å². The highest BCUT2D eigenvalue weighted by Gasteiger charge is 2.27. The summed E-state index contributed by atoms with van der Waals surface area (Å²) in [5.74, 6) is -0.0776. The number of halogens is 1. The lowest BCUT2D eigenvalue weighted by Crippen LogP contribution is -2.39. The van der Waals surface area contributed by atoms with Gasteiger partial charge >= 0.3 is 0 Å². The van der Waals surface area contributed by atoms with Gasteiger partial charge in [0.2, 0.25) is 5.91 Å².